The van der Waals surface area contributed by atoms with Gasteiger partial charge in [-0.2, -0.15) is 0 Å². The maximum absolute atomic E-state index is 11.1. The van der Waals surface area contributed by atoms with Crippen molar-refractivity contribution in [1.29, 1.82) is 0 Å². The van der Waals surface area contributed by atoms with E-state index in [1.54, 1.807) is 6.07 Å². The quantitative estimate of drug-likeness (QED) is 0.866. The molecule has 1 heterocycles. The Balaban J connectivity index is 1.97. The van der Waals surface area contributed by atoms with Crippen LogP contribution in [0, 0.1) is 12.8 Å². The second-order valence-corrected chi connectivity index (χ2v) is 5.33. The van der Waals surface area contributed by atoms with E-state index >= 15 is 0 Å². The van der Waals surface area contributed by atoms with Crippen molar-refractivity contribution in [1.82, 2.24) is 5.32 Å². The Morgan fingerprint density at radius 1 is 1.53 bits per heavy atom. The Bertz CT molecular complexity index is 459. The molecule has 2 atom stereocenters. The van der Waals surface area contributed by atoms with Crippen molar-refractivity contribution in [3.8, 4) is 0 Å². The van der Waals surface area contributed by atoms with Gasteiger partial charge in [0.15, 0.2) is 0 Å². The van der Waals surface area contributed by atoms with Crippen LogP contribution in [0.2, 0.25) is 0 Å². The molecule has 1 saturated heterocycles. The number of piperidine rings is 1. The summed E-state index contributed by atoms with van der Waals surface area (Å²) in [5, 5.41) is 3.35. The van der Waals surface area contributed by atoms with Crippen LogP contribution in [0.25, 0.3) is 0 Å². The lowest BCUT2D eigenvalue weighted by molar-refractivity contribution is -0.00677. The van der Waals surface area contributed by atoms with Crippen molar-refractivity contribution in [3.63, 3.8) is 0 Å². The highest BCUT2D eigenvalue weighted by atomic mass is 16.5. The molecule has 0 spiro atoms. The van der Waals surface area contributed by atoms with Crippen LogP contribution in [-0.4, -0.2) is 25.1 Å². The Hall–Kier alpha value is -1.39. The van der Waals surface area contributed by atoms with E-state index in [9.17, 15) is 4.79 Å². The summed E-state index contributed by atoms with van der Waals surface area (Å²) in [6.07, 6.45) is 1.42. The lowest BCUT2D eigenvalue weighted by Gasteiger charge is -2.29. The predicted octanol–water partition coefficient (Wildman–Crippen LogP) is 1.61. The monoisotopic (exact) mass is 262 g/mol. The zero-order valence-corrected chi connectivity index (χ0v) is 11.6. The first-order chi connectivity index (χ1) is 9.08. The molecule has 1 aliphatic heterocycles. The van der Waals surface area contributed by atoms with E-state index in [2.05, 4.69) is 12.2 Å². The van der Waals surface area contributed by atoms with Crippen LogP contribution in [0.5, 0.6) is 0 Å². The van der Waals surface area contributed by atoms with Crippen molar-refractivity contribution in [2.75, 3.05) is 13.1 Å². The molecule has 104 valence electrons. The van der Waals surface area contributed by atoms with E-state index < -0.39 is 0 Å². The van der Waals surface area contributed by atoms with Gasteiger partial charge in [0.2, 0.25) is 5.91 Å². The minimum Gasteiger partial charge on any atom is -0.372 e. The van der Waals surface area contributed by atoms with Crippen LogP contribution in [0.1, 0.15) is 34.8 Å². The Labute approximate surface area is 114 Å². The molecule has 1 aliphatic rings. The number of hydrogen-bond donors (Lipinski definition) is 2. The fraction of sp³-hybridized carbons (Fsp3) is 0.533. The molecule has 1 aromatic rings. The van der Waals surface area contributed by atoms with Gasteiger partial charge < -0.3 is 15.8 Å². The molecule has 3 N–H and O–H groups in total. The van der Waals surface area contributed by atoms with Gasteiger partial charge in [-0.15, -0.1) is 0 Å². The molecule has 4 nitrogen and oxygen atoms in total. The van der Waals surface area contributed by atoms with Gasteiger partial charge in [0.05, 0.1) is 12.7 Å². The lowest BCUT2D eigenvalue weighted by Crippen LogP contribution is -2.40. The SMILES string of the molecule is Cc1cc(C(N)=O)ccc1COC1CNCCC1C. The predicted molar refractivity (Wildman–Crippen MR) is 74.9 cm³/mol. The van der Waals surface area contributed by atoms with Gasteiger partial charge in [0.25, 0.3) is 0 Å². The van der Waals surface area contributed by atoms with Gasteiger partial charge in [-0.3, -0.25) is 4.79 Å². The highest BCUT2D eigenvalue weighted by Crippen LogP contribution is 2.18. The van der Waals surface area contributed by atoms with Gasteiger partial charge in [0.1, 0.15) is 0 Å². The first-order valence-electron chi connectivity index (χ1n) is 6.79. The molecule has 0 aliphatic carbocycles. The number of nitrogens with two attached hydrogens (primary N) is 1. The smallest absolute Gasteiger partial charge is 0.248 e. The topological polar surface area (TPSA) is 64.4 Å². The summed E-state index contributed by atoms with van der Waals surface area (Å²) in [6, 6.07) is 5.51. The van der Waals surface area contributed by atoms with Crippen LogP contribution >= 0.6 is 0 Å². The molecule has 1 amide bonds. The highest BCUT2D eigenvalue weighted by Gasteiger charge is 2.21. The molecular weight excluding hydrogens is 240 g/mol. The number of aryl methyl sites for hydroxylation is 1. The molecule has 0 aromatic heterocycles. The van der Waals surface area contributed by atoms with Crippen LogP contribution < -0.4 is 11.1 Å². The highest BCUT2D eigenvalue weighted by molar-refractivity contribution is 5.93. The largest absolute Gasteiger partial charge is 0.372 e. The number of amides is 1. The van der Waals surface area contributed by atoms with Crippen molar-refractivity contribution in [2.24, 2.45) is 11.7 Å². The molecule has 1 aromatic carbocycles. The molecule has 0 radical (unpaired) electrons. The third-order valence-electron chi connectivity index (χ3n) is 3.84. The maximum atomic E-state index is 11.1. The van der Waals surface area contributed by atoms with Gasteiger partial charge in [0, 0.05) is 12.1 Å². The minimum absolute atomic E-state index is 0.268. The van der Waals surface area contributed by atoms with E-state index in [4.69, 9.17) is 10.5 Å². The maximum Gasteiger partial charge on any atom is 0.248 e. The molecule has 0 saturated carbocycles. The van der Waals surface area contributed by atoms with Crippen LogP contribution in [0.4, 0.5) is 0 Å². The zero-order valence-electron chi connectivity index (χ0n) is 11.6. The van der Waals surface area contributed by atoms with Crippen molar-refractivity contribution in [2.45, 2.75) is 33.0 Å². The molecule has 19 heavy (non-hydrogen) atoms. The van der Waals surface area contributed by atoms with E-state index in [0.717, 1.165) is 30.6 Å². The van der Waals surface area contributed by atoms with E-state index in [-0.39, 0.29) is 12.0 Å². The fourth-order valence-electron chi connectivity index (χ4n) is 2.39. The normalized spacial score (nSPS) is 23.3. The number of hydrogen-bond acceptors (Lipinski definition) is 3. The number of rotatable bonds is 4. The van der Waals surface area contributed by atoms with E-state index in [0.29, 0.717) is 18.1 Å². The van der Waals surface area contributed by atoms with Gasteiger partial charge in [-0.25, -0.2) is 0 Å². The number of benzene rings is 1. The van der Waals surface area contributed by atoms with Crippen molar-refractivity contribution >= 4 is 5.91 Å². The Morgan fingerprint density at radius 3 is 2.95 bits per heavy atom. The summed E-state index contributed by atoms with van der Waals surface area (Å²) in [5.41, 5.74) is 7.98. The summed E-state index contributed by atoms with van der Waals surface area (Å²) < 4.78 is 5.98. The summed E-state index contributed by atoms with van der Waals surface area (Å²) in [5.74, 6) is 0.201. The van der Waals surface area contributed by atoms with Crippen molar-refractivity contribution < 1.29 is 9.53 Å². The van der Waals surface area contributed by atoms with Crippen LogP contribution in [0.15, 0.2) is 18.2 Å². The van der Waals surface area contributed by atoms with Crippen molar-refractivity contribution in [3.05, 3.63) is 34.9 Å². The third kappa shape index (κ3) is 3.55. The van der Waals surface area contributed by atoms with Crippen LogP contribution in [0.3, 0.4) is 0 Å². The number of nitrogens with one attached hydrogen (secondary N) is 1. The second kappa shape index (κ2) is 6.17. The van der Waals surface area contributed by atoms with E-state index in [1.165, 1.54) is 0 Å². The number of carbonyl (C=O) groups is 1. The Kier molecular flexibility index (Phi) is 4.56. The number of ether oxygens (including phenoxy) is 1. The summed E-state index contributed by atoms with van der Waals surface area (Å²) in [4.78, 5) is 11.1. The van der Waals surface area contributed by atoms with Gasteiger partial charge >= 0.3 is 0 Å². The lowest BCUT2D eigenvalue weighted by atomic mass is 9.97. The Morgan fingerprint density at radius 2 is 2.32 bits per heavy atom. The molecule has 4 heteroatoms. The van der Waals surface area contributed by atoms with Crippen LogP contribution in [-0.2, 0) is 11.3 Å². The fourth-order valence-corrected chi connectivity index (χ4v) is 2.39. The van der Waals surface area contributed by atoms with Gasteiger partial charge in [-0.1, -0.05) is 13.0 Å². The van der Waals surface area contributed by atoms with E-state index in [1.807, 2.05) is 19.1 Å². The number of primary amides is 1. The molecular formula is C15H22N2O2. The minimum atomic E-state index is -0.388. The molecule has 0 bridgehead atoms. The number of carbonyl (C=O) groups excluding carboxylic acids is 1. The summed E-state index contributed by atoms with van der Waals surface area (Å²) in [7, 11) is 0. The summed E-state index contributed by atoms with van der Waals surface area (Å²) >= 11 is 0. The average molecular weight is 262 g/mol. The first-order valence-corrected chi connectivity index (χ1v) is 6.79. The molecule has 2 unspecified atom stereocenters. The molecule has 2 rings (SSSR count). The summed E-state index contributed by atoms with van der Waals surface area (Å²) in [6.45, 7) is 6.79. The van der Waals surface area contributed by atoms with Gasteiger partial charge in [-0.05, 0) is 49.1 Å². The second-order valence-electron chi connectivity index (χ2n) is 5.33. The third-order valence-corrected chi connectivity index (χ3v) is 3.84. The standard InChI is InChI=1S/C15H22N2O2/c1-10-5-6-17-8-14(10)19-9-13-4-3-12(15(16)18)7-11(13)2/h3-4,7,10,14,17H,5-6,8-9H2,1-2H3,(H2,16,18). The molecule has 1 fully saturated rings. The first kappa shape index (κ1) is 14.0. The average Bonchev–Trinajstić information content (AvgIpc) is 2.39. The zero-order chi connectivity index (χ0) is 13.8.